The molecule has 0 heterocycles. The van der Waals surface area contributed by atoms with Crippen molar-refractivity contribution in [3.63, 3.8) is 0 Å². The lowest BCUT2D eigenvalue weighted by Crippen LogP contribution is -2.19. The zero-order valence-electron chi connectivity index (χ0n) is 10.5. The summed E-state index contributed by atoms with van der Waals surface area (Å²) < 4.78 is 10.1. The zero-order valence-corrected chi connectivity index (χ0v) is 10.5. The summed E-state index contributed by atoms with van der Waals surface area (Å²) in [5.41, 5.74) is 0. The predicted octanol–water partition coefficient (Wildman–Crippen LogP) is 2.67. The third-order valence-electron chi connectivity index (χ3n) is 2.57. The summed E-state index contributed by atoms with van der Waals surface area (Å²) in [6, 6.07) is 15.3. The Morgan fingerprint density at radius 3 is 2.74 bits per heavy atom. The fourth-order valence-corrected chi connectivity index (χ4v) is 1.66. The maximum Gasteiger partial charge on any atom is 0.345 e. The second-order valence-electron chi connectivity index (χ2n) is 4.06. The minimum atomic E-state index is -0.757. The number of nitriles is 1. The number of carbonyl (C=O) groups is 1. The van der Waals surface area contributed by atoms with Crippen LogP contribution in [-0.4, -0.2) is 18.7 Å². The number of carbonyl (C=O) groups excluding carboxylic acids is 1. The lowest BCUT2D eigenvalue weighted by molar-refractivity contribution is -0.148. The van der Waals surface area contributed by atoms with E-state index >= 15 is 0 Å². The molecule has 2 rings (SSSR count). The van der Waals surface area contributed by atoms with E-state index in [9.17, 15) is 4.79 Å². The SMILES string of the molecule is C[C@H](C#N)OC(=O)COc1ccc2ccccc2c1. The molecule has 0 spiro atoms. The Hall–Kier alpha value is -2.54. The first-order chi connectivity index (χ1) is 9.19. The summed E-state index contributed by atoms with van der Waals surface area (Å²) in [4.78, 5) is 11.4. The lowest BCUT2D eigenvalue weighted by atomic mass is 10.1. The van der Waals surface area contributed by atoms with Crippen molar-refractivity contribution in [2.24, 2.45) is 0 Å². The van der Waals surface area contributed by atoms with Gasteiger partial charge in [-0.05, 0) is 29.8 Å². The van der Waals surface area contributed by atoms with E-state index in [1.165, 1.54) is 6.92 Å². The Labute approximate surface area is 111 Å². The molecular weight excluding hydrogens is 242 g/mol. The van der Waals surface area contributed by atoms with Crippen molar-refractivity contribution < 1.29 is 14.3 Å². The van der Waals surface area contributed by atoms with Gasteiger partial charge < -0.3 is 9.47 Å². The van der Waals surface area contributed by atoms with Crippen molar-refractivity contribution in [2.45, 2.75) is 13.0 Å². The van der Waals surface area contributed by atoms with Crippen molar-refractivity contribution in [1.29, 1.82) is 5.26 Å². The first-order valence-corrected chi connectivity index (χ1v) is 5.90. The summed E-state index contributed by atoms with van der Waals surface area (Å²) in [6.07, 6.45) is -0.757. The summed E-state index contributed by atoms with van der Waals surface area (Å²) >= 11 is 0. The third kappa shape index (κ3) is 3.46. The van der Waals surface area contributed by atoms with E-state index in [1.807, 2.05) is 42.5 Å². The number of nitrogens with zero attached hydrogens (tertiary/aromatic N) is 1. The standard InChI is InChI=1S/C15H13NO3/c1-11(9-16)19-15(17)10-18-14-7-6-12-4-2-3-5-13(12)8-14/h2-8,11H,10H2,1H3/t11-/m1/s1. The number of hydrogen-bond donors (Lipinski definition) is 0. The van der Waals surface area contributed by atoms with Gasteiger partial charge in [0, 0.05) is 0 Å². The monoisotopic (exact) mass is 255 g/mol. The molecule has 0 saturated heterocycles. The van der Waals surface area contributed by atoms with Crippen LogP contribution < -0.4 is 4.74 Å². The van der Waals surface area contributed by atoms with Crippen molar-refractivity contribution in [3.8, 4) is 11.8 Å². The Balaban J connectivity index is 1.98. The Bertz CT molecular complexity index is 631. The van der Waals surface area contributed by atoms with Crippen LogP contribution in [0.2, 0.25) is 0 Å². The molecule has 1 atom stereocenters. The first-order valence-electron chi connectivity index (χ1n) is 5.90. The maximum atomic E-state index is 11.4. The Morgan fingerprint density at radius 2 is 2.00 bits per heavy atom. The summed E-state index contributed by atoms with van der Waals surface area (Å²) in [6.45, 7) is 1.30. The highest BCUT2D eigenvalue weighted by Crippen LogP contribution is 2.20. The Morgan fingerprint density at radius 1 is 1.26 bits per heavy atom. The largest absolute Gasteiger partial charge is 0.482 e. The molecule has 0 aromatic heterocycles. The second-order valence-corrected chi connectivity index (χ2v) is 4.06. The van der Waals surface area contributed by atoms with Gasteiger partial charge in [0.15, 0.2) is 12.7 Å². The fraction of sp³-hybridized carbons (Fsp3) is 0.200. The molecule has 0 N–H and O–H groups in total. The molecular formula is C15H13NO3. The molecule has 0 unspecified atom stereocenters. The van der Waals surface area contributed by atoms with E-state index in [4.69, 9.17) is 14.7 Å². The number of ether oxygens (including phenoxy) is 2. The van der Waals surface area contributed by atoms with Gasteiger partial charge >= 0.3 is 5.97 Å². The van der Waals surface area contributed by atoms with E-state index in [0.29, 0.717) is 5.75 Å². The van der Waals surface area contributed by atoms with Gasteiger partial charge in [-0.2, -0.15) is 5.26 Å². The molecule has 0 aliphatic heterocycles. The molecule has 0 bridgehead atoms. The average molecular weight is 255 g/mol. The molecule has 96 valence electrons. The Kier molecular flexibility index (Phi) is 3.99. The fourth-order valence-electron chi connectivity index (χ4n) is 1.66. The van der Waals surface area contributed by atoms with Gasteiger partial charge in [0.1, 0.15) is 11.8 Å². The number of hydrogen-bond acceptors (Lipinski definition) is 4. The van der Waals surface area contributed by atoms with Crippen LogP contribution in [0.25, 0.3) is 10.8 Å². The van der Waals surface area contributed by atoms with Crippen LogP contribution >= 0.6 is 0 Å². The quantitative estimate of drug-likeness (QED) is 0.788. The molecule has 0 radical (unpaired) electrons. The van der Waals surface area contributed by atoms with Crippen LogP contribution in [0, 0.1) is 11.3 Å². The van der Waals surface area contributed by atoms with Gasteiger partial charge in [-0.3, -0.25) is 0 Å². The van der Waals surface area contributed by atoms with Crippen LogP contribution in [0.3, 0.4) is 0 Å². The average Bonchev–Trinajstić information content (AvgIpc) is 2.44. The molecule has 19 heavy (non-hydrogen) atoms. The number of esters is 1. The van der Waals surface area contributed by atoms with Crippen LogP contribution in [0.15, 0.2) is 42.5 Å². The molecule has 0 amide bonds. The van der Waals surface area contributed by atoms with Gasteiger partial charge in [0.2, 0.25) is 0 Å². The van der Waals surface area contributed by atoms with Gasteiger partial charge in [-0.15, -0.1) is 0 Å². The van der Waals surface area contributed by atoms with Gasteiger partial charge in [-0.1, -0.05) is 30.3 Å². The predicted molar refractivity (Wildman–Crippen MR) is 70.6 cm³/mol. The summed E-state index contributed by atoms with van der Waals surface area (Å²) in [5.74, 6) is 0.0440. The van der Waals surface area contributed by atoms with E-state index in [2.05, 4.69) is 0 Å². The van der Waals surface area contributed by atoms with Crippen molar-refractivity contribution in [1.82, 2.24) is 0 Å². The third-order valence-corrected chi connectivity index (χ3v) is 2.57. The normalized spacial score (nSPS) is 11.6. The van der Waals surface area contributed by atoms with E-state index in [0.717, 1.165) is 10.8 Å². The van der Waals surface area contributed by atoms with Crippen molar-refractivity contribution in [3.05, 3.63) is 42.5 Å². The smallest absolute Gasteiger partial charge is 0.345 e. The highest BCUT2D eigenvalue weighted by atomic mass is 16.6. The van der Waals surface area contributed by atoms with Crippen molar-refractivity contribution >= 4 is 16.7 Å². The zero-order chi connectivity index (χ0) is 13.7. The molecule has 4 nitrogen and oxygen atoms in total. The number of benzene rings is 2. The highest BCUT2D eigenvalue weighted by Gasteiger charge is 2.09. The van der Waals surface area contributed by atoms with Gasteiger partial charge in [-0.25, -0.2) is 4.79 Å². The second kappa shape index (κ2) is 5.87. The lowest BCUT2D eigenvalue weighted by Gasteiger charge is -2.08. The van der Waals surface area contributed by atoms with E-state index in [1.54, 1.807) is 6.07 Å². The molecule has 2 aromatic rings. The molecule has 2 aromatic carbocycles. The number of fused-ring (bicyclic) bond motifs is 1. The molecule has 0 fully saturated rings. The van der Waals surface area contributed by atoms with Crippen LogP contribution in [-0.2, 0) is 9.53 Å². The van der Waals surface area contributed by atoms with E-state index < -0.39 is 12.1 Å². The molecule has 0 aliphatic carbocycles. The topological polar surface area (TPSA) is 59.3 Å². The minimum absolute atomic E-state index is 0.204. The van der Waals surface area contributed by atoms with Crippen LogP contribution in [0.1, 0.15) is 6.92 Å². The van der Waals surface area contributed by atoms with Crippen LogP contribution in [0.5, 0.6) is 5.75 Å². The number of rotatable bonds is 4. The minimum Gasteiger partial charge on any atom is -0.482 e. The molecule has 0 aliphatic rings. The highest BCUT2D eigenvalue weighted by molar-refractivity contribution is 5.83. The van der Waals surface area contributed by atoms with Gasteiger partial charge in [0.25, 0.3) is 0 Å². The van der Waals surface area contributed by atoms with Crippen molar-refractivity contribution in [2.75, 3.05) is 6.61 Å². The maximum absolute atomic E-state index is 11.4. The molecule has 4 heteroatoms. The van der Waals surface area contributed by atoms with Gasteiger partial charge in [0.05, 0.1) is 0 Å². The van der Waals surface area contributed by atoms with E-state index in [-0.39, 0.29) is 6.61 Å². The molecule has 0 saturated carbocycles. The summed E-state index contributed by atoms with van der Waals surface area (Å²) in [5, 5.41) is 10.7. The summed E-state index contributed by atoms with van der Waals surface area (Å²) in [7, 11) is 0. The first kappa shape index (κ1) is 12.9. The van der Waals surface area contributed by atoms with Crippen LogP contribution in [0.4, 0.5) is 0 Å².